The molecular formula is C11H15ClN4O3S. The van der Waals surface area contributed by atoms with Crippen molar-refractivity contribution in [3.8, 4) is 11.6 Å². The molecular weight excluding hydrogens is 304 g/mol. The summed E-state index contributed by atoms with van der Waals surface area (Å²) in [5, 5.41) is 7.29. The van der Waals surface area contributed by atoms with Crippen LogP contribution in [0.15, 0.2) is 9.57 Å². The molecule has 0 amide bonds. The molecule has 2 aromatic heterocycles. The minimum atomic E-state index is -3.97. The second-order valence-electron chi connectivity index (χ2n) is 4.90. The third kappa shape index (κ3) is 2.85. The molecule has 0 saturated carbocycles. The number of halogens is 1. The lowest BCUT2D eigenvalue weighted by Crippen LogP contribution is -2.12. The number of hydrogen-bond acceptors (Lipinski definition) is 6. The molecule has 0 aliphatic rings. The highest BCUT2D eigenvalue weighted by atomic mass is 35.7. The minimum absolute atomic E-state index is 0.186. The number of oxazole rings is 1. The topological polar surface area (TPSA) is 90.9 Å². The van der Waals surface area contributed by atoms with Crippen LogP contribution >= 0.6 is 10.7 Å². The predicted molar refractivity (Wildman–Crippen MR) is 72.9 cm³/mol. The fraction of sp³-hybridized carbons (Fsp3) is 0.545. The fourth-order valence-electron chi connectivity index (χ4n) is 1.91. The van der Waals surface area contributed by atoms with Crippen molar-refractivity contribution in [2.24, 2.45) is 5.92 Å². The van der Waals surface area contributed by atoms with Gasteiger partial charge in [0.25, 0.3) is 14.2 Å². The first-order chi connectivity index (χ1) is 9.20. The normalized spacial score (nSPS) is 12.3. The summed E-state index contributed by atoms with van der Waals surface area (Å²) in [5.41, 5.74) is 0.624. The second-order valence-corrected chi connectivity index (χ2v) is 7.36. The van der Waals surface area contributed by atoms with Crippen LogP contribution in [0.1, 0.15) is 25.4 Å². The summed E-state index contributed by atoms with van der Waals surface area (Å²) in [6.07, 6.45) is 0. The molecule has 0 aromatic carbocycles. The monoisotopic (exact) mass is 318 g/mol. The highest BCUT2D eigenvalue weighted by Gasteiger charge is 2.26. The van der Waals surface area contributed by atoms with Crippen molar-refractivity contribution in [3.63, 3.8) is 0 Å². The average molecular weight is 319 g/mol. The van der Waals surface area contributed by atoms with Crippen LogP contribution in [0.4, 0.5) is 0 Å². The second kappa shape index (κ2) is 5.17. The number of hydrogen-bond donors (Lipinski definition) is 0. The van der Waals surface area contributed by atoms with Crippen molar-refractivity contribution >= 4 is 19.7 Å². The van der Waals surface area contributed by atoms with E-state index in [9.17, 15) is 8.42 Å². The maximum absolute atomic E-state index is 11.6. The molecule has 9 heteroatoms. The van der Waals surface area contributed by atoms with Crippen molar-refractivity contribution in [2.45, 2.75) is 39.4 Å². The van der Waals surface area contributed by atoms with E-state index in [-0.39, 0.29) is 11.1 Å². The molecule has 0 atom stereocenters. The standard InChI is InChI=1S/C11H15ClN4O3S/c1-6(2)5-16-10(9-7(3)13-8(4)19-9)14-15-11(16)20(12,17)18/h6H,5H2,1-4H3. The number of aromatic nitrogens is 4. The van der Waals surface area contributed by atoms with Gasteiger partial charge in [0, 0.05) is 24.2 Å². The lowest BCUT2D eigenvalue weighted by Gasteiger charge is -2.10. The first kappa shape index (κ1) is 15.0. The molecule has 7 nitrogen and oxygen atoms in total. The molecule has 0 unspecified atom stereocenters. The molecule has 0 spiro atoms. The van der Waals surface area contributed by atoms with E-state index in [1.165, 1.54) is 4.57 Å². The first-order valence-corrected chi connectivity index (χ1v) is 8.33. The van der Waals surface area contributed by atoms with Gasteiger partial charge in [-0.05, 0) is 12.8 Å². The van der Waals surface area contributed by atoms with E-state index in [2.05, 4.69) is 15.2 Å². The zero-order chi connectivity index (χ0) is 15.1. The van der Waals surface area contributed by atoms with Gasteiger partial charge in [0.05, 0.1) is 5.69 Å². The first-order valence-electron chi connectivity index (χ1n) is 6.02. The van der Waals surface area contributed by atoms with E-state index in [0.29, 0.717) is 29.7 Å². The van der Waals surface area contributed by atoms with Gasteiger partial charge in [0.2, 0.25) is 5.82 Å². The van der Waals surface area contributed by atoms with Crippen LogP contribution < -0.4 is 0 Å². The minimum Gasteiger partial charge on any atom is -0.437 e. The predicted octanol–water partition coefficient (Wildman–Crippen LogP) is 2.13. The van der Waals surface area contributed by atoms with Crippen LogP contribution in [-0.4, -0.2) is 28.2 Å². The Morgan fingerprint density at radius 3 is 2.40 bits per heavy atom. The Hall–Kier alpha value is -1.41. The van der Waals surface area contributed by atoms with E-state index in [1.807, 2.05) is 13.8 Å². The molecule has 0 fully saturated rings. The third-order valence-corrected chi connectivity index (χ3v) is 3.74. The summed E-state index contributed by atoms with van der Waals surface area (Å²) < 4.78 is 30.1. The Balaban J connectivity index is 2.65. The Labute approximate surface area is 121 Å². The van der Waals surface area contributed by atoms with Crippen molar-refractivity contribution in [1.82, 2.24) is 19.7 Å². The SMILES string of the molecule is Cc1nc(C)c(-c2nnc(S(=O)(=O)Cl)n2CC(C)C)o1. The van der Waals surface area contributed by atoms with Crippen molar-refractivity contribution < 1.29 is 12.8 Å². The molecule has 0 N–H and O–H groups in total. The summed E-state index contributed by atoms with van der Waals surface area (Å²) >= 11 is 0. The van der Waals surface area contributed by atoms with Crippen LogP contribution in [-0.2, 0) is 15.6 Å². The van der Waals surface area contributed by atoms with Crippen molar-refractivity contribution in [2.75, 3.05) is 0 Å². The van der Waals surface area contributed by atoms with E-state index >= 15 is 0 Å². The zero-order valence-electron chi connectivity index (χ0n) is 11.6. The third-order valence-electron chi connectivity index (χ3n) is 2.59. The number of rotatable bonds is 4. The number of aryl methyl sites for hydroxylation is 2. The fourth-order valence-corrected chi connectivity index (χ4v) is 2.81. The highest BCUT2D eigenvalue weighted by molar-refractivity contribution is 8.13. The summed E-state index contributed by atoms with van der Waals surface area (Å²) in [5.74, 6) is 1.39. The highest BCUT2D eigenvalue weighted by Crippen LogP contribution is 2.26. The van der Waals surface area contributed by atoms with E-state index in [1.54, 1.807) is 13.8 Å². The van der Waals surface area contributed by atoms with E-state index in [4.69, 9.17) is 15.1 Å². The van der Waals surface area contributed by atoms with Gasteiger partial charge in [-0.3, -0.25) is 4.57 Å². The molecule has 110 valence electrons. The Kier molecular flexibility index (Phi) is 3.88. The lowest BCUT2D eigenvalue weighted by molar-refractivity contribution is 0.477. The molecule has 0 aliphatic heterocycles. The summed E-state index contributed by atoms with van der Waals surface area (Å²) in [6.45, 7) is 7.77. The Morgan fingerprint density at radius 2 is 1.95 bits per heavy atom. The van der Waals surface area contributed by atoms with Gasteiger partial charge in [-0.15, -0.1) is 10.2 Å². The van der Waals surface area contributed by atoms with Gasteiger partial charge < -0.3 is 4.42 Å². The molecule has 0 saturated heterocycles. The van der Waals surface area contributed by atoms with Gasteiger partial charge in [-0.2, -0.15) is 0 Å². The van der Waals surface area contributed by atoms with E-state index < -0.39 is 9.05 Å². The van der Waals surface area contributed by atoms with Gasteiger partial charge in [0.1, 0.15) is 0 Å². The van der Waals surface area contributed by atoms with Crippen LogP contribution in [0, 0.1) is 19.8 Å². The Bertz CT molecular complexity index is 733. The van der Waals surface area contributed by atoms with Crippen molar-refractivity contribution in [3.05, 3.63) is 11.6 Å². The van der Waals surface area contributed by atoms with Gasteiger partial charge in [-0.1, -0.05) is 13.8 Å². The molecule has 0 aliphatic carbocycles. The van der Waals surface area contributed by atoms with Crippen LogP contribution in [0.5, 0.6) is 0 Å². The number of nitrogens with zero attached hydrogens (tertiary/aromatic N) is 4. The summed E-state index contributed by atoms with van der Waals surface area (Å²) in [6, 6.07) is 0. The molecule has 0 bridgehead atoms. The zero-order valence-corrected chi connectivity index (χ0v) is 13.2. The van der Waals surface area contributed by atoms with E-state index in [0.717, 1.165) is 0 Å². The van der Waals surface area contributed by atoms with Gasteiger partial charge in [-0.25, -0.2) is 13.4 Å². The van der Waals surface area contributed by atoms with Gasteiger partial charge >= 0.3 is 0 Å². The Morgan fingerprint density at radius 1 is 1.30 bits per heavy atom. The maximum Gasteiger partial charge on any atom is 0.296 e. The lowest BCUT2D eigenvalue weighted by atomic mass is 10.2. The van der Waals surface area contributed by atoms with Crippen molar-refractivity contribution in [1.29, 1.82) is 0 Å². The smallest absolute Gasteiger partial charge is 0.296 e. The largest absolute Gasteiger partial charge is 0.437 e. The molecule has 2 aromatic rings. The summed E-state index contributed by atoms with van der Waals surface area (Å²) in [4.78, 5) is 4.15. The quantitative estimate of drug-likeness (QED) is 0.802. The molecule has 20 heavy (non-hydrogen) atoms. The molecule has 2 rings (SSSR count). The van der Waals surface area contributed by atoms with Crippen LogP contribution in [0.3, 0.4) is 0 Å². The maximum atomic E-state index is 11.6. The molecule has 0 radical (unpaired) electrons. The van der Waals surface area contributed by atoms with Crippen LogP contribution in [0.25, 0.3) is 11.6 Å². The summed E-state index contributed by atoms with van der Waals surface area (Å²) in [7, 11) is 1.42. The molecule has 2 heterocycles. The van der Waals surface area contributed by atoms with Gasteiger partial charge in [0.15, 0.2) is 11.7 Å². The average Bonchev–Trinajstić information content (AvgIpc) is 2.80. The van der Waals surface area contributed by atoms with Crippen LogP contribution in [0.2, 0.25) is 0 Å².